The number of para-hydroxylation sites is 2. The fraction of sp³-hybridized carbons (Fsp3) is 0.167. The van der Waals surface area contributed by atoms with Gasteiger partial charge in [-0.3, -0.25) is 4.79 Å². The Morgan fingerprint density at radius 1 is 1.03 bits per heavy atom. The van der Waals surface area contributed by atoms with Gasteiger partial charge in [-0.15, -0.1) is 0 Å². The molecule has 0 aliphatic heterocycles. The van der Waals surface area contributed by atoms with Crippen LogP contribution in [-0.2, 0) is 6.54 Å². The molecule has 1 aromatic heterocycles. The van der Waals surface area contributed by atoms with E-state index in [0.29, 0.717) is 17.1 Å². The molecule has 0 aliphatic carbocycles. The van der Waals surface area contributed by atoms with Crippen molar-refractivity contribution in [1.29, 1.82) is 0 Å². The number of aryl methyl sites for hydroxylation is 1. The number of halogens is 1. The van der Waals surface area contributed by atoms with Crippen LogP contribution >= 0.6 is 11.6 Å². The maximum Gasteiger partial charge on any atom is 0.251 e. The minimum atomic E-state index is -0.247. The molecule has 4 aromatic rings. The fourth-order valence-electron chi connectivity index (χ4n) is 3.41. The number of benzene rings is 3. The van der Waals surface area contributed by atoms with Crippen LogP contribution in [0.5, 0.6) is 0 Å². The van der Waals surface area contributed by atoms with Gasteiger partial charge in [0.1, 0.15) is 5.82 Å². The van der Waals surface area contributed by atoms with E-state index in [2.05, 4.69) is 16.0 Å². The molecular weight excluding hydrogens is 382 g/mol. The van der Waals surface area contributed by atoms with Crippen molar-refractivity contribution < 1.29 is 4.79 Å². The van der Waals surface area contributed by atoms with Gasteiger partial charge < -0.3 is 9.88 Å². The van der Waals surface area contributed by atoms with Crippen LogP contribution in [0.4, 0.5) is 0 Å². The molecule has 0 spiro atoms. The summed E-state index contributed by atoms with van der Waals surface area (Å²) in [4.78, 5) is 17.5. The third kappa shape index (κ3) is 4.17. The Morgan fingerprint density at radius 2 is 1.72 bits per heavy atom. The van der Waals surface area contributed by atoms with Crippen molar-refractivity contribution in [2.24, 2.45) is 0 Å². The van der Waals surface area contributed by atoms with Crippen LogP contribution in [0.1, 0.15) is 40.3 Å². The van der Waals surface area contributed by atoms with Crippen molar-refractivity contribution in [3.05, 3.63) is 100 Å². The van der Waals surface area contributed by atoms with Crippen molar-refractivity contribution in [3.8, 4) is 0 Å². The summed E-state index contributed by atoms with van der Waals surface area (Å²) < 4.78 is 2.15. The molecular formula is C24H22ClN3O. The van der Waals surface area contributed by atoms with Crippen LogP contribution in [0.3, 0.4) is 0 Å². The smallest absolute Gasteiger partial charge is 0.251 e. The largest absolute Gasteiger partial charge is 0.342 e. The predicted molar refractivity (Wildman–Crippen MR) is 117 cm³/mol. The van der Waals surface area contributed by atoms with Crippen molar-refractivity contribution in [3.63, 3.8) is 0 Å². The molecule has 5 heteroatoms. The summed E-state index contributed by atoms with van der Waals surface area (Å²) in [5, 5.41) is 3.80. The number of amides is 1. The number of aromatic nitrogens is 2. The van der Waals surface area contributed by atoms with E-state index in [-0.39, 0.29) is 11.9 Å². The molecule has 4 nitrogen and oxygen atoms in total. The van der Waals surface area contributed by atoms with Crippen molar-refractivity contribution >= 4 is 28.5 Å². The Morgan fingerprint density at radius 3 is 2.45 bits per heavy atom. The summed E-state index contributed by atoms with van der Waals surface area (Å²) >= 11 is 6.03. The molecule has 0 saturated heterocycles. The number of imidazole rings is 1. The summed E-state index contributed by atoms with van der Waals surface area (Å²) in [6, 6.07) is 23.1. The SMILES string of the molecule is Cc1ccc(C(=O)NC(C)c2nc3ccccc3n2Cc2ccc(Cl)cc2)cc1. The maximum absolute atomic E-state index is 12.7. The zero-order valence-corrected chi connectivity index (χ0v) is 17.1. The highest BCUT2D eigenvalue weighted by Gasteiger charge is 2.19. The number of rotatable bonds is 5. The highest BCUT2D eigenvalue weighted by atomic mass is 35.5. The summed E-state index contributed by atoms with van der Waals surface area (Å²) in [7, 11) is 0. The Bertz CT molecular complexity index is 1150. The first kappa shape index (κ1) is 19.2. The lowest BCUT2D eigenvalue weighted by Crippen LogP contribution is -2.28. The van der Waals surface area contributed by atoms with Gasteiger partial charge in [0.2, 0.25) is 0 Å². The lowest BCUT2D eigenvalue weighted by molar-refractivity contribution is 0.0938. The predicted octanol–water partition coefficient (Wildman–Crippen LogP) is 5.54. The van der Waals surface area contributed by atoms with E-state index < -0.39 is 0 Å². The zero-order valence-electron chi connectivity index (χ0n) is 16.4. The number of fused-ring (bicyclic) bond motifs is 1. The first-order valence-corrected chi connectivity index (χ1v) is 9.96. The molecule has 0 saturated carbocycles. The number of carbonyl (C=O) groups excluding carboxylic acids is 1. The normalized spacial score (nSPS) is 12.1. The van der Waals surface area contributed by atoms with E-state index in [0.717, 1.165) is 28.0 Å². The van der Waals surface area contributed by atoms with Crippen LogP contribution in [0.15, 0.2) is 72.8 Å². The molecule has 4 rings (SSSR count). The van der Waals surface area contributed by atoms with Crippen LogP contribution in [-0.4, -0.2) is 15.5 Å². The number of hydrogen-bond donors (Lipinski definition) is 1. The first-order valence-electron chi connectivity index (χ1n) is 9.58. The van der Waals surface area contributed by atoms with Crippen molar-refractivity contribution in [2.75, 3.05) is 0 Å². The lowest BCUT2D eigenvalue weighted by Gasteiger charge is -2.17. The molecule has 146 valence electrons. The number of carbonyl (C=O) groups is 1. The number of nitrogens with one attached hydrogen (secondary N) is 1. The molecule has 0 radical (unpaired) electrons. The second-order valence-corrected chi connectivity index (χ2v) is 7.67. The molecule has 1 heterocycles. The second-order valence-electron chi connectivity index (χ2n) is 7.23. The van der Waals surface area contributed by atoms with Gasteiger partial charge in [0, 0.05) is 17.1 Å². The van der Waals surface area contributed by atoms with E-state index in [9.17, 15) is 4.79 Å². The average Bonchev–Trinajstić information content (AvgIpc) is 3.09. The Balaban J connectivity index is 1.65. The lowest BCUT2D eigenvalue weighted by atomic mass is 10.1. The standard InChI is InChI=1S/C24H22ClN3O/c1-16-7-11-19(12-8-16)24(29)26-17(2)23-27-21-5-3-4-6-22(21)28(23)15-18-9-13-20(25)14-10-18/h3-14,17H,15H2,1-2H3,(H,26,29). The van der Waals surface area contributed by atoms with Crippen LogP contribution in [0.25, 0.3) is 11.0 Å². The van der Waals surface area contributed by atoms with Gasteiger partial charge in [0.15, 0.2) is 0 Å². The van der Waals surface area contributed by atoms with Crippen LogP contribution < -0.4 is 5.32 Å². The van der Waals surface area contributed by atoms with Gasteiger partial charge in [0.05, 0.1) is 17.1 Å². The van der Waals surface area contributed by atoms with E-state index in [1.54, 1.807) is 0 Å². The van der Waals surface area contributed by atoms with E-state index in [4.69, 9.17) is 16.6 Å². The van der Waals surface area contributed by atoms with Gasteiger partial charge >= 0.3 is 0 Å². The minimum Gasteiger partial charge on any atom is -0.342 e. The Labute approximate surface area is 175 Å². The zero-order chi connectivity index (χ0) is 20.4. The quantitative estimate of drug-likeness (QED) is 0.475. The third-order valence-corrected chi connectivity index (χ3v) is 5.24. The van der Waals surface area contributed by atoms with Crippen LogP contribution in [0, 0.1) is 6.92 Å². The molecule has 1 amide bonds. The topological polar surface area (TPSA) is 46.9 Å². The van der Waals surface area contributed by atoms with E-state index in [1.165, 1.54) is 0 Å². The molecule has 0 aliphatic rings. The van der Waals surface area contributed by atoms with Crippen molar-refractivity contribution in [1.82, 2.24) is 14.9 Å². The minimum absolute atomic E-state index is 0.109. The molecule has 0 fully saturated rings. The monoisotopic (exact) mass is 403 g/mol. The fourth-order valence-corrected chi connectivity index (χ4v) is 3.54. The van der Waals surface area contributed by atoms with E-state index >= 15 is 0 Å². The molecule has 29 heavy (non-hydrogen) atoms. The van der Waals surface area contributed by atoms with Gasteiger partial charge in [0.25, 0.3) is 5.91 Å². The van der Waals surface area contributed by atoms with Gasteiger partial charge in [-0.1, -0.05) is 53.6 Å². The molecule has 3 aromatic carbocycles. The number of hydrogen-bond acceptors (Lipinski definition) is 2. The first-order chi connectivity index (χ1) is 14.0. The summed E-state index contributed by atoms with van der Waals surface area (Å²) in [6.45, 7) is 4.62. The van der Waals surface area contributed by atoms with Gasteiger partial charge in [-0.25, -0.2) is 4.98 Å². The maximum atomic E-state index is 12.7. The van der Waals surface area contributed by atoms with Gasteiger partial charge in [-0.05, 0) is 55.8 Å². The van der Waals surface area contributed by atoms with Crippen molar-refractivity contribution in [2.45, 2.75) is 26.4 Å². The molecule has 1 atom stereocenters. The third-order valence-electron chi connectivity index (χ3n) is 4.99. The Hall–Kier alpha value is -3.11. The molecule has 0 bridgehead atoms. The highest BCUT2D eigenvalue weighted by molar-refractivity contribution is 6.30. The molecule has 1 unspecified atom stereocenters. The number of nitrogens with zero attached hydrogens (tertiary/aromatic N) is 2. The summed E-state index contributed by atoms with van der Waals surface area (Å²) in [5.74, 6) is 0.712. The highest BCUT2D eigenvalue weighted by Crippen LogP contribution is 2.23. The van der Waals surface area contributed by atoms with Gasteiger partial charge in [-0.2, -0.15) is 0 Å². The van der Waals surface area contributed by atoms with E-state index in [1.807, 2.05) is 80.6 Å². The summed E-state index contributed by atoms with van der Waals surface area (Å²) in [5.41, 5.74) is 4.83. The van der Waals surface area contributed by atoms with Crippen LogP contribution in [0.2, 0.25) is 5.02 Å². The second kappa shape index (κ2) is 8.10. The molecule has 1 N–H and O–H groups in total. The summed E-state index contributed by atoms with van der Waals surface area (Å²) in [6.07, 6.45) is 0. The average molecular weight is 404 g/mol. The Kier molecular flexibility index (Phi) is 5.36.